The minimum Gasteiger partial charge on any atom is -0.308 e. The van der Waals surface area contributed by atoms with Gasteiger partial charge < -0.3 is 9.80 Å². The maximum Gasteiger partial charge on any atom is 0.0968 e. The van der Waals surface area contributed by atoms with Crippen LogP contribution in [-0.4, -0.2) is 50.1 Å². The summed E-state index contributed by atoms with van der Waals surface area (Å²) in [6.45, 7) is 11.0. The van der Waals surface area contributed by atoms with Crippen LogP contribution < -0.4 is 0 Å². The Kier molecular flexibility index (Phi) is 10.4. The van der Waals surface area contributed by atoms with Crippen LogP contribution in [0.25, 0.3) is 0 Å². The van der Waals surface area contributed by atoms with Crippen LogP contribution in [0.3, 0.4) is 0 Å². The molecule has 0 saturated heterocycles. The second kappa shape index (κ2) is 11.7. The first-order valence-corrected chi connectivity index (χ1v) is 10.3. The van der Waals surface area contributed by atoms with E-state index >= 15 is 0 Å². The fourth-order valence-electron chi connectivity index (χ4n) is 3.82. The summed E-state index contributed by atoms with van der Waals surface area (Å²) in [5.41, 5.74) is 2.75. The lowest BCUT2D eigenvalue weighted by Gasteiger charge is -2.31. The van der Waals surface area contributed by atoms with Gasteiger partial charge in [-0.2, -0.15) is 0 Å². The second-order valence-electron chi connectivity index (χ2n) is 8.56. The Balaban J connectivity index is 2.96. The molecule has 0 aromatic heterocycles. The van der Waals surface area contributed by atoms with Crippen LogP contribution in [0.2, 0.25) is 0 Å². The molecule has 0 heterocycles. The monoisotopic (exact) mass is 364 g/mol. The van der Waals surface area contributed by atoms with Gasteiger partial charge in [-0.05, 0) is 72.3 Å². The van der Waals surface area contributed by atoms with E-state index in [9.17, 15) is 4.39 Å². The fraction of sp³-hybridized carbons (Fsp3) is 0.739. The van der Waals surface area contributed by atoms with Crippen LogP contribution in [0, 0.1) is 11.8 Å². The predicted molar refractivity (Wildman–Crippen MR) is 113 cm³/mol. The summed E-state index contributed by atoms with van der Waals surface area (Å²) in [4.78, 5) is 4.71. The van der Waals surface area contributed by atoms with Gasteiger partial charge in [0.1, 0.15) is 0 Å². The topological polar surface area (TPSA) is 6.48 Å². The highest BCUT2D eigenvalue weighted by Gasteiger charge is 2.20. The van der Waals surface area contributed by atoms with E-state index in [2.05, 4.69) is 70.8 Å². The molecule has 0 saturated carbocycles. The summed E-state index contributed by atoms with van der Waals surface area (Å²) in [6.07, 6.45) is 10.7. The molecule has 3 heteroatoms. The van der Waals surface area contributed by atoms with E-state index in [0.717, 1.165) is 38.8 Å². The van der Waals surface area contributed by atoms with E-state index in [1.165, 1.54) is 11.1 Å². The number of nitrogens with zero attached hydrogens (tertiary/aromatic N) is 2. The highest BCUT2D eigenvalue weighted by Crippen LogP contribution is 2.31. The summed E-state index contributed by atoms with van der Waals surface area (Å²) >= 11 is 0. The Morgan fingerprint density at radius 1 is 1.23 bits per heavy atom. The summed E-state index contributed by atoms with van der Waals surface area (Å²) in [7, 11) is 6.48. The molecule has 150 valence electrons. The summed E-state index contributed by atoms with van der Waals surface area (Å²) < 4.78 is 14.4. The lowest BCUT2D eigenvalue weighted by molar-refractivity contribution is 0.185. The smallest absolute Gasteiger partial charge is 0.0968 e. The molecule has 2 unspecified atom stereocenters. The molecule has 2 atom stereocenters. The Hall–Kier alpha value is -0.930. The molecule has 2 nitrogen and oxygen atoms in total. The number of likely N-dealkylation sites (N-methyl/N-ethyl adjacent to an activating group) is 2. The highest BCUT2D eigenvalue weighted by molar-refractivity contribution is 5.30. The van der Waals surface area contributed by atoms with E-state index in [1.54, 1.807) is 0 Å². The van der Waals surface area contributed by atoms with Gasteiger partial charge in [-0.15, -0.1) is 0 Å². The molecule has 1 aliphatic carbocycles. The van der Waals surface area contributed by atoms with Crippen LogP contribution in [0.4, 0.5) is 4.39 Å². The van der Waals surface area contributed by atoms with Gasteiger partial charge in [0.25, 0.3) is 0 Å². The first-order valence-electron chi connectivity index (χ1n) is 10.3. The Bertz CT molecular complexity index is 502. The molecular formula is C23H41FN2. The van der Waals surface area contributed by atoms with Gasteiger partial charge in [0, 0.05) is 24.9 Å². The van der Waals surface area contributed by atoms with Crippen LogP contribution in [0.1, 0.15) is 59.8 Å². The lowest BCUT2D eigenvalue weighted by atomic mass is 9.85. The van der Waals surface area contributed by atoms with Crippen LogP contribution in [-0.2, 0) is 0 Å². The summed E-state index contributed by atoms with van der Waals surface area (Å²) in [5.74, 6) is 0.848. The zero-order valence-corrected chi connectivity index (χ0v) is 18.2. The molecule has 0 aliphatic heterocycles. The molecular weight excluding hydrogens is 323 g/mol. The molecule has 0 radical (unpaired) electrons. The largest absolute Gasteiger partial charge is 0.308 e. The molecule has 0 N–H and O–H groups in total. The molecule has 1 rings (SSSR count). The third-order valence-corrected chi connectivity index (χ3v) is 5.35. The van der Waals surface area contributed by atoms with Crippen molar-refractivity contribution < 1.29 is 4.39 Å². The van der Waals surface area contributed by atoms with Crippen molar-refractivity contribution in [1.82, 2.24) is 9.80 Å². The van der Waals surface area contributed by atoms with Gasteiger partial charge in [0.15, 0.2) is 0 Å². The van der Waals surface area contributed by atoms with Gasteiger partial charge >= 0.3 is 0 Å². The highest BCUT2D eigenvalue weighted by atomic mass is 19.1. The Morgan fingerprint density at radius 3 is 2.50 bits per heavy atom. The van der Waals surface area contributed by atoms with Crippen molar-refractivity contribution >= 4 is 0 Å². The van der Waals surface area contributed by atoms with Crippen molar-refractivity contribution in [2.24, 2.45) is 11.8 Å². The third-order valence-electron chi connectivity index (χ3n) is 5.35. The van der Waals surface area contributed by atoms with Gasteiger partial charge in [0.2, 0.25) is 0 Å². The lowest BCUT2D eigenvalue weighted by Crippen LogP contribution is -2.40. The number of rotatable bonds is 9. The molecule has 0 aromatic rings. The number of hydrogen-bond donors (Lipinski definition) is 0. The van der Waals surface area contributed by atoms with Gasteiger partial charge in [-0.3, -0.25) is 0 Å². The number of halogens is 1. The minimum absolute atomic E-state index is 0.0543. The Morgan fingerprint density at radius 2 is 1.92 bits per heavy atom. The van der Waals surface area contributed by atoms with E-state index in [0.29, 0.717) is 18.4 Å². The Labute approximate surface area is 161 Å². The average molecular weight is 365 g/mol. The normalized spacial score (nSPS) is 24.4. The molecule has 0 fully saturated rings. The molecule has 0 amide bonds. The molecule has 0 spiro atoms. The molecule has 26 heavy (non-hydrogen) atoms. The van der Waals surface area contributed by atoms with Crippen molar-refractivity contribution in [2.45, 2.75) is 65.8 Å². The molecule has 0 bridgehead atoms. The van der Waals surface area contributed by atoms with Gasteiger partial charge in [-0.1, -0.05) is 44.1 Å². The van der Waals surface area contributed by atoms with Crippen LogP contribution >= 0.6 is 0 Å². The van der Waals surface area contributed by atoms with Crippen molar-refractivity contribution in [3.63, 3.8) is 0 Å². The van der Waals surface area contributed by atoms with Crippen LogP contribution in [0.5, 0.6) is 0 Å². The first-order chi connectivity index (χ1) is 12.2. The maximum absolute atomic E-state index is 14.4. The SMILES string of the molecule is CCC(CN(C)C)N(C)CCC1C=C(F)CC/C=C\C(C)=C\1CC(C)C. The summed E-state index contributed by atoms with van der Waals surface area (Å²) in [5, 5.41) is 0. The standard InChI is InChI=1S/C23H41FN2/c1-8-22(17-25(5)6)26(7)14-13-20-16-21(24)12-10-9-11-19(4)23(20)15-18(2)3/h9,11,16,18,20,22H,8,10,12-15,17H2,1-7H3/b11-9-,21-16?,23-19+. The van der Waals surface area contributed by atoms with Crippen molar-refractivity contribution in [2.75, 3.05) is 34.2 Å². The zero-order valence-electron chi connectivity index (χ0n) is 18.2. The van der Waals surface area contributed by atoms with Gasteiger partial charge in [-0.25, -0.2) is 4.39 Å². The van der Waals surface area contributed by atoms with Crippen molar-refractivity contribution in [3.8, 4) is 0 Å². The van der Waals surface area contributed by atoms with Gasteiger partial charge in [0.05, 0.1) is 5.83 Å². The van der Waals surface area contributed by atoms with Crippen molar-refractivity contribution in [1.29, 1.82) is 0 Å². The van der Waals surface area contributed by atoms with Crippen LogP contribution in [0.15, 0.2) is 35.2 Å². The van der Waals surface area contributed by atoms with E-state index in [1.807, 2.05) is 6.08 Å². The second-order valence-corrected chi connectivity index (χ2v) is 8.56. The first kappa shape index (κ1) is 23.1. The minimum atomic E-state index is 0.0543. The third kappa shape index (κ3) is 8.18. The predicted octanol–water partition coefficient (Wildman–Crippen LogP) is 5.83. The average Bonchev–Trinajstić information content (AvgIpc) is 2.62. The number of allylic oxidation sites excluding steroid dienone is 6. The van der Waals surface area contributed by atoms with E-state index in [4.69, 9.17) is 0 Å². The molecule has 0 aromatic carbocycles. The summed E-state index contributed by atoms with van der Waals surface area (Å²) in [6, 6.07) is 0.550. The zero-order chi connectivity index (χ0) is 19.7. The fourth-order valence-corrected chi connectivity index (χ4v) is 3.82. The van der Waals surface area contributed by atoms with Crippen molar-refractivity contribution in [3.05, 3.63) is 35.2 Å². The number of hydrogen-bond acceptors (Lipinski definition) is 2. The maximum atomic E-state index is 14.4. The van der Waals surface area contributed by atoms with E-state index < -0.39 is 0 Å². The quantitative estimate of drug-likeness (QED) is 0.508. The molecule has 1 aliphatic rings. The van der Waals surface area contributed by atoms with E-state index in [-0.39, 0.29) is 11.7 Å².